The van der Waals surface area contributed by atoms with E-state index in [9.17, 15) is 4.79 Å². The summed E-state index contributed by atoms with van der Waals surface area (Å²) in [4.78, 5) is 12.9. The van der Waals surface area contributed by atoms with Gasteiger partial charge in [-0.25, -0.2) is 0 Å². The molecule has 1 aromatic rings. The minimum Gasteiger partial charge on any atom is -0.459 e. The van der Waals surface area contributed by atoms with Crippen LogP contribution in [0.25, 0.3) is 0 Å². The van der Waals surface area contributed by atoms with Crippen molar-refractivity contribution in [2.75, 3.05) is 0 Å². The lowest BCUT2D eigenvalue weighted by atomic mass is 10.2. The van der Waals surface area contributed by atoms with Gasteiger partial charge in [0.05, 0.1) is 0 Å². The fourth-order valence-corrected chi connectivity index (χ4v) is 2.58. The molecule has 5 heteroatoms. The van der Waals surface area contributed by atoms with E-state index in [0.717, 1.165) is 4.47 Å². The summed E-state index contributed by atoms with van der Waals surface area (Å²) in [5.74, 6) is -0.215. The van der Waals surface area contributed by atoms with Crippen LogP contribution < -0.4 is 5.32 Å². The van der Waals surface area contributed by atoms with E-state index in [1.807, 2.05) is 39.1 Å². The number of carbonyl (C=O) groups excluding carboxylic acids is 1. The fourth-order valence-electron chi connectivity index (χ4n) is 1.17. The molecule has 1 heterocycles. The molecule has 1 unspecified atom stereocenters. The van der Waals surface area contributed by atoms with Crippen LogP contribution in [0.5, 0.6) is 0 Å². The summed E-state index contributed by atoms with van der Waals surface area (Å²) >= 11 is 5.05. The van der Waals surface area contributed by atoms with Gasteiger partial charge in [-0.2, -0.15) is 0 Å². The van der Waals surface area contributed by atoms with Gasteiger partial charge < -0.3 is 4.74 Å². The summed E-state index contributed by atoms with van der Waals surface area (Å²) in [6.07, 6.45) is 0. The maximum Gasteiger partial charge on any atom is 0.323 e. The maximum absolute atomic E-state index is 11.7. The highest BCUT2D eigenvalue weighted by Gasteiger charge is 2.21. The van der Waals surface area contributed by atoms with Crippen molar-refractivity contribution in [3.8, 4) is 0 Å². The summed E-state index contributed by atoms with van der Waals surface area (Å²) in [6.45, 7) is 8.10. The van der Waals surface area contributed by atoms with Crippen LogP contribution >= 0.6 is 27.3 Å². The second-order valence-corrected chi connectivity index (χ2v) is 6.78. The molecule has 1 aromatic heterocycles. The average Bonchev–Trinajstić information content (AvgIpc) is 2.58. The predicted molar refractivity (Wildman–Crippen MR) is 74.2 cm³/mol. The molecule has 0 saturated heterocycles. The van der Waals surface area contributed by atoms with E-state index in [4.69, 9.17) is 4.74 Å². The van der Waals surface area contributed by atoms with Crippen LogP contribution in [-0.2, 0) is 16.1 Å². The molecular formula is C12H18BrNO2S. The van der Waals surface area contributed by atoms with Crippen molar-refractivity contribution in [2.24, 2.45) is 0 Å². The van der Waals surface area contributed by atoms with Gasteiger partial charge in [-0.15, -0.1) is 11.3 Å². The second-order valence-electron chi connectivity index (χ2n) is 4.87. The van der Waals surface area contributed by atoms with E-state index in [2.05, 4.69) is 21.2 Å². The summed E-state index contributed by atoms with van der Waals surface area (Å²) < 4.78 is 6.36. The third kappa shape index (κ3) is 5.66. The van der Waals surface area contributed by atoms with E-state index in [0.29, 0.717) is 6.54 Å². The van der Waals surface area contributed by atoms with Crippen molar-refractivity contribution >= 4 is 33.2 Å². The molecule has 0 fully saturated rings. The van der Waals surface area contributed by atoms with Gasteiger partial charge in [0.2, 0.25) is 0 Å². The van der Waals surface area contributed by atoms with Gasteiger partial charge in [-0.05, 0) is 49.7 Å². The van der Waals surface area contributed by atoms with Crippen molar-refractivity contribution in [2.45, 2.75) is 45.9 Å². The Hall–Kier alpha value is -0.390. The van der Waals surface area contributed by atoms with Gasteiger partial charge >= 0.3 is 5.97 Å². The largest absolute Gasteiger partial charge is 0.459 e. The zero-order valence-corrected chi connectivity index (χ0v) is 12.9. The van der Waals surface area contributed by atoms with Crippen LogP contribution in [0.1, 0.15) is 32.6 Å². The number of halogens is 1. The first kappa shape index (κ1) is 14.7. The molecule has 1 rings (SSSR count). The molecular weight excluding hydrogens is 302 g/mol. The third-order valence-electron chi connectivity index (χ3n) is 1.96. The number of thiophene rings is 1. The minimum atomic E-state index is -0.432. The number of ether oxygens (including phenoxy) is 1. The molecule has 17 heavy (non-hydrogen) atoms. The Labute approximate surface area is 115 Å². The molecule has 0 aliphatic heterocycles. The molecule has 0 aromatic carbocycles. The van der Waals surface area contributed by atoms with Gasteiger partial charge in [-0.3, -0.25) is 10.1 Å². The van der Waals surface area contributed by atoms with Crippen LogP contribution in [0.2, 0.25) is 0 Å². The van der Waals surface area contributed by atoms with Crippen LogP contribution in [0.3, 0.4) is 0 Å². The van der Waals surface area contributed by atoms with E-state index in [1.165, 1.54) is 4.88 Å². The topological polar surface area (TPSA) is 38.3 Å². The van der Waals surface area contributed by atoms with Crippen molar-refractivity contribution < 1.29 is 9.53 Å². The first-order chi connectivity index (χ1) is 7.78. The molecule has 96 valence electrons. The summed E-state index contributed by atoms with van der Waals surface area (Å²) in [5.41, 5.74) is -0.432. The molecule has 0 radical (unpaired) electrons. The van der Waals surface area contributed by atoms with Crippen molar-refractivity contribution in [1.29, 1.82) is 0 Å². The normalized spacial score (nSPS) is 13.5. The lowest BCUT2D eigenvalue weighted by Crippen LogP contribution is -2.38. The lowest BCUT2D eigenvalue weighted by Gasteiger charge is -2.22. The highest BCUT2D eigenvalue weighted by molar-refractivity contribution is 9.10. The van der Waals surface area contributed by atoms with Crippen molar-refractivity contribution in [3.05, 3.63) is 20.8 Å². The van der Waals surface area contributed by atoms with Crippen LogP contribution in [0.4, 0.5) is 0 Å². The van der Waals surface area contributed by atoms with E-state index in [-0.39, 0.29) is 12.0 Å². The second kappa shape index (κ2) is 5.98. The molecule has 1 atom stereocenters. The smallest absolute Gasteiger partial charge is 0.323 e. The summed E-state index contributed by atoms with van der Waals surface area (Å²) in [5, 5.41) is 5.17. The third-order valence-corrected chi connectivity index (χ3v) is 3.66. The molecule has 0 bridgehead atoms. The zero-order valence-electron chi connectivity index (χ0n) is 10.5. The molecule has 3 nitrogen and oxygen atoms in total. The zero-order chi connectivity index (χ0) is 13.1. The van der Waals surface area contributed by atoms with Crippen LogP contribution in [0, 0.1) is 0 Å². The number of hydrogen-bond donors (Lipinski definition) is 1. The first-order valence-electron chi connectivity index (χ1n) is 5.47. The SMILES string of the molecule is CC(NCc1cc(Br)cs1)C(=O)OC(C)(C)C. The number of carbonyl (C=O) groups is 1. The highest BCUT2D eigenvalue weighted by atomic mass is 79.9. The Morgan fingerprint density at radius 3 is 2.71 bits per heavy atom. The standard InChI is InChI=1S/C12H18BrNO2S/c1-8(11(15)16-12(2,3)4)14-6-10-5-9(13)7-17-10/h5,7-8,14H,6H2,1-4H3. The first-order valence-corrected chi connectivity index (χ1v) is 7.14. The van der Waals surface area contributed by atoms with E-state index < -0.39 is 5.60 Å². The highest BCUT2D eigenvalue weighted by Crippen LogP contribution is 2.19. The van der Waals surface area contributed by atoms with Gasteiger partial charge in [0.15, 0.2) is 0 Å². The molecule has 0 amide bonds. The lowest BCUT2D eigenvalue weighted by molar-refractivity contribution is -0.157. The minimum absolute atomic E-state index is 0.215. The Kier molecular flexibility index (Phi) is 5.16. The van der Waals surface area contributed by atoms with Crippen LogP contribution in [-0.4, -0.2) is 17.6 Å². The van der Waals surface area contributed by atoms with E-state index in [1.54, 1.807) is 11.3 Å². The Bertz CT molecular complexity index is 384. The van der Waals surface area contributed by atoms with Gasteiger partial charge in [0, 0.05) is 21.3 Å². The predicted octanol–water partition coefficient (Wildman–Crippen LogP) is 3.33. The molecule has 0 aliphatic carbocycles. The Morgan fingerprint density at radius 1 is 1.59 bits per heavy atom. The Morgan fingerprint density at radius 2 is 2.24 bits per heavy atom. The number of nitrogens with one attached hydrogen (secondary N) is 1. The molecule has 0 aliphatic rings. The fraction of sp³-hybridized carbons (Fsp3) is 0.583. The molecule has 1 N–H and O–H groups in total. The van der Waals surface area contributed by atoms with Gasteiger partial charge in [0.1, 0.15) is 11.6 Å². The van der Waals surface area contributed by atoms with Crippen molar-refractivity contribution in [1.82, 2.24) is 5.32 Å². The van der Waals surface area contributed by atoms with Gasteiger partial charge in [0.25, 0.3) is 0 Å². The van der Waals surface area contributed by atoms with E-state index >= 15 is 0 Å². The van der Waals surface area contributed by atoms with Gasteiger partial charge in [-0.1, -0.05) is 0 Å². The Balaban J connectivity index is 2.39. The molecule has 0 saturated carbocycles. The molecule has 0 spiro atoms. The monoisotopic (exact) mass is 319 g/mol. The maximum atomic E-state index is 11.7. The summed E-state index contributed by atoms with van der Waals surface area (Å²) in [7, 11) is 0. The summed E-state index contributed by atoms with van der Waals surface area (Å²) in [6, 6.07) is 1.74. The average molecular weight is 320 g/mol. The quantitative estimate of drug-likeness (QED) is 0.865. The number of hydrogen-bond acceptors (Lipinski definition) is 4. The number of rotatable bonds is 4. The number of esters is 1. The van der Waals surface area contributed by atoms with Crippen LogP contribution in [0.15, 0.2) is 15.9 Å². The van der Waals surface area contributed by atoms with Crippen molar-refractivity contribution in [3.63, 3.8) is 0 Å².